The molecule has 4 rings (SSSR count). The lowest BCUT2D eigenvalue weighted by molar-refractivity contribution is -0.140. The average molecular weight is 386 g/mol. The third kappa shape index (κ3) is 3.49. The maximum absolute atomic E-state index is 12.9. The lowest BCUT2D eigenvalue weighted by Gasteiger charge is -2.31. The van der Waals surface area contributed by atoms with Gasteiger partial charge >= 0.3 is 6.09 Å². The Morgan fingerprint density at radius 3 is 2.64 bits per heavy atom. The molecule has 2 amide bonds. The SMILES string of the molecule is CC(C)(C)C(=O)N1CCCC1c1cccc(N2CC3(CCCCC3)OC2=O)n1. The van der Waals surface area contributed by atoms with E-state index in [1.165, 1.54) is 6.42 Å². The topological polar surface area (TPSA) is 62.7 Å². The van der Waals surface area contributed by atoms with Crippen LogP contribution >= 0.6 is 0 Å². The number of amides is 2. The van der Waals surface area contributed by atoms with Crippen molar-refractivity contribution < 1.29 is 14.3 Å². The Hall–Kier alpha value is -2.11. The van der Waals surface area contributed by atoms with E-state index in [0.29, 0.717) is 12.4 Å². The molecule has 0 radical (unpaired) electrons. The van der Waals surface area contributed by atoms with Crippen molar-refractivity contribution in [1.82, 2.24) is 9.88 Å². The fraction of sp³-hybridized carbons (Fsp3) is 0.682. The van der Waals surface area contributed by atoms with E-state index in [2.05, 4.69) is 0 Å². The molecule has 1 unspecified atom stereocenters. The first-order valence-corrected chi connectivity index (χ1v) is 10.6. The second-order valence-electron chi connectivity index (χ2n) is 9.53. The highest BCUT2D eigenvalue weighted by atomic mass is 16.6. The number of hydrogen-bond donors (Lipinski definition) is 0. The highest BCUT2D eigenvalue weighted by Gasteiger charge is 2.46. The fourth-order valence-electron chi connectivity index (χ4n) is 4.78. The van der Waals surface area contributed by atoms with Gasteiger partial charge in [0, 0.05) is 12.0 Å². The van der Waals surface area contributed by atoms with Gasteiger partial charge in [-0.2, -0.15) is 0 Å². The van der Waals surface area contributed by atoms with Crippen LogP contribution in [0.3, 0.4) is 0 Å². The molecule has 1 atom stereocenters. The Morgan fingerprint density at radius 2 is 1.93 bits per heavy atom. The second-order valence-corrected chi connectivity index (χ2v) is 9.53. The van der Waals surface area contributed by atoms with Crippen molar-refractivity contribution >= 4 is 17.8 Å². The summed E-state index contributed by atoms with van der Waals surface area (Å²) in [5.41, 5.74) is 0.117. The minimum absolute atomic E-state index is 0.0195. The molecule has 0 bridgehead atoms. The molecular weight excluding hydrogens is 354 g/mol. The third-order valence-electron chi connectivity index (χ3n) is 6.26. The summed E-state index contributed by atoms with van der Waals surface area (Å²) in [6.07, 6.45) is 6.91. The van der Waals surface area contributed by atoms with Crippen molar-refractivity contribution in [2.24, 2.45) is 5.41 Å². The van der Waals surface area contributed by atoms with Crippen molar-refractivity contribution in [2.75, 3.05) is 18.0 Å². The Balaban J connectivity index is 1.56. The van der Waals surface area contributed by atoms with Crippen LogP contribution in [0.2, 0.25) is 0 Å². The molecule has 1 spiro atoms. The van der Waals surface area contributed by atoms with Crippen LogP contribution < -0.4 is 4.90 Å². The quantitative estimate of drug-likeness (QED) is 0.754. The lowest BCUT2D eigenvalue weighted by atomic mass is 9.85. The summed E-state index contributed by atoms with van der Waals surface area (Å²) in [5.74, 6) is 0.795. The predicted octanol–water partition coefficient (Wildman–Crippen LogP) is 4.45. The van der Waals surface area contributed by atoms with Crippen molar-refractivity contribution in [2.45, 2.75) is 77.4 Å². The van der Waals surface area contributed by atoms with Crippen LogP contribution in [-0.4, -0.2) is 40.6 Å². The van der Waals surface area contributed by atoms with Gasteiger partial charge in [0.15, 0.2) is 0 Å². The lowest BCUT2D eigenvalue weighted by Crippen LogP contribution is -2.39. The van der Waals surface area contributed by atoms with Crippen molar-refractivity contribution in [3.8, 4) is 0 Å². The normalized spacial score (nSPS) is 24.7. The molecule has 1 saturated carbocycles. The molecule has 0 N–H and O–H groups in total. The van der Waals surface area contributed by atoms with Crippen molar-refractivity contribution in [3.05, 3.63) is 23.9 Å². The largest absolute Gasteiger partial charge is 0.441 e. The van der Waals surface area contributed by atoms with E-state index in [9.17, 15) is 9.59 Å². The number of carbonyl (C=O) groups is 2. The standard InChI is InChI=1S/C22H31N3O3/c1-21(2,3)19(26)24-14-8-10-17(24)16-9-7-11-18(23-16)25-15-22(28-20(25)27)12-5-4-6-13-22/h7,9,11,17H,4-6,8,10,12-15H2,1-3H3. The zero-order chi connectivity index (χ0) is 19.9. The Morgan fingerprint density at radius 1 is 1.18 bits per heavy atom. The van der Waals surface area contributed by atoms with E-state index in [1.807, 2.05) is 43.9 Å². The number of rotatable bonds is 2. The number of likely N-dealkylation sites (tertiary alicyclic amines) is 1. The molecule has 1 aliphatic carbocycles. The Labute approximate surface area is 167 Å². The first-order chi connectivity index (χ1) is 13.3. The molecular formula is C22H31N3O3. The van der Waals surface area contributed by atoms with Gasteiger partial charge in [0.1, 0.15) is 11.4 Å². The van der Waals surface area contributed by atoms with Gasteiger partial charge in [0.25, 0.3) is 0 Å². The third-order valence-corrected chi connectivity index (χ3v) is 6.26. The van der Waals surface area contributed by atoms with Gasteiger partial charge in [0.2, 0.25) is 5.91 Å². The van der Waals surface area contributed by atoms with Crippen LogP contribution in [0, 0.1) is 5.41 Å². The van der Waals surface area contributed by atoms with Crippen LogP contribution in [0.4, 0.5) is 10.6 Å². The van der Waals surface area contributed by atoms with E-state index in [4.69, 9.17) is 9.72 Å². The number of nitrogens with zero attached hydrogens (tertiary/aromatic N) is 3. The zero-order valence-electron chi connectivity index (χ0n) is 17.2. The van der Waals surface area contributed by atoms with Gasteiger partial charge in [-0.3, -0.25) is 9.69 Å². The summed E-state index contributed by atoms with van der Waals surface area (Å²) in [5, 5.41) is 0. The molecule has 3 fully saturated rings. The Kier molecular flexibility index (Phi) is 4.84. The van der Waals surface area contributed by atoms with E-state index in [1.54, 1.807) is 4.90 Å². The highest BCUT2D eigenvalue weighted by Crippen LogP contribution is 2.39. The van der Waals surface area contributed by atoms with Crippen LogP contribution in [0.15, 0.2) is 18.2 Å². The van der Waals surface area contributed by atoms with Crippen LogP contribution in [-0.2, 0) is 9.53 Å². The number of anilines is 1. The number of hydrogen-bond acceptors (Lipinski definition) is 4. The fourth-order valence-corrected chi connectivity index (χ4v) is 4.78. The number of carbonyl (C=O) groups excluding carboxylic acids is 2. The first kappa shape index (κ1) is 19.2. The minimum Gasteiger partial charge on any atom is -0.441 e. The average Bonchev–Trinajstić information content (AvgIpc) is 3.26. The number of aromatic nitrogens is 1. The molecule has 152 valence electrons. The van der Waals surface area contributed by atoms with Gasteiger partial charge < -0.3 is 9.64 Å². The van der Waals surface area contributed by atoms with Crippen LogP contribution in [0.5, 0.6) is 0 Å². The first-order valence-electron chi connectivity index (χ1n) is 10.6. The van der Waals surface area contributed by atoms with Crippen molar-refractivity contribution in [3.63, 3.8) is 0 Å². The zero-order valence-corrected chi connectivity index (χ0v) is 17.2. The molecule has 2 saturated heterocycles. The maximum Gasteiger partial charge on any atom is 0.416 e. The molecule has 1 aromatic heterocycles. The van der Waals surface area contributed by atoms with Crippen molar-refractivity contribution in [1.29, 1.82) is 0 Å². The summed E-state index contributed by atoms with van der Waals surface area (Å²) < 4.78 is 5.81. The summed E-state index contributed by atoms with van der Waals surface area (Å²) in [6, 6.07) is 5.76. The molecule has 2 aliphatic heterocycles. The molecule has 6 heteroatoms. The molecule has 0 aromatic carbocycles. The summed E-state index contributed by atoms with van der Waals surface area (Å²) in [4.78, 5) is 33.9. The minimum atomic E-state index is -0.410. The molecule has 3 heterocycles. The van der Waals surface area contributed by atoms with E-state index in [-0.39, 0.29) is 23.6 Å². The maximum atomic E-state index is 12.9. The summed E-state index contributed by atoms with van der Waals surface area (Å²) >= 11 is 0. The monoisotopic (exact) mass is 385 g/mol. The van der Waals surface area contributed by atoms with Crippen LogP contribution in [0.1, 0.15) is 77.5 Å². The highest BCUT2D eigenvalue weighted by molar-refractivity contribution is 5.89. The second kappa shape index (κ2) is 7.05. The van der Waals surface area contributed by atoms with E-state index >= 15 is 0 Å². The predicted molar refractivity (Wildman–Crippen MR) is 107 cm³/mol. The van der Waals surface area contributed by atoms with Gasteiger partial charge in [0.05, 0.1) is 18.3 Å². The van der Waals surface area contributed by atoms with E-state index in [0.717, 1.165) is 50.8 Å². The van der Waals surface area contributed by atoms with Crippen LogP contribution in [0.25, 0.3) is 0 Å². The smallest absolute Gasteiger partial charge is 0.416 e. The Bertz CT molecular complexity index is 765. The van der Waals surface area contributed by atoms with Gasteiger partial charge in [-0.05, 0) is 50.7 Å². The molecule has 28 heavy (non-hydrogen) atoms. The number of pyridine rings is 1. The van der Waals surface area contributed by atoms with E-state index < -0.39 is 5.41 Å². The van der Waals surface area contributed by atoms with Gasteiger partial charge in [-0.15, -0.1) is 0 Å². The van der Waals surface area contributed by atoms with Gasteiger partial charge in [-0.25, -0.2) is 9.78 Å². The van der Waals surface area contributed by atoms with Gasteiger partial charge in [-0.1, -0.05) is 33.3 Å². The summed E-state index contributed by atoms with van der Waals surface area (Å²) in [7, 11) is 0. The molecule has 6 nitrogen and oxygen atoms in total. The summed E-state index contributed by atoms with van der Waals surface area (Å²) in [6.45, 7) is 7.22. The molecule has 3 aliphatic rings. The number of ether oxygens (including phenoxy) is 1. The molecule has 1 aromatic rings.